The van der Waals surface area contributed by atoms with E-state index in [0.717, 1.165) is 11.1 Å². The van der Waals surface area contributed by atoms with E-state index in [9.17, 15) is 27.6 Å². The molecule has 5 aromatic rings. The molecule has 57 heavy (non-hydrogen) atoms. The predicted molar refractivity (Wildman–Crippen MR) is 203 cm³/mol. The maximum atomic E-state index is 13.7. The fourth-order valence-corrected chi connectivity index (χ4v) is 5.66. The molecule has 1 aliphatic carbocycles. The number of hydrogen-bond donors (Lipinski definition) is 5. The SMILES string of the molecule is Cc1ccc(NC(=O)C(=O)NCC(C)(C)CNC(=O)c2ccc(Nc3nc(NC4(c5ccc(Cl)cc5)CC4)nc(OCC(F)(F)F)n3)cc2-n2nnnc2C)cc1. The first-order valence-corrected chi connectivity index (χ1v) is 18.0. The summed E-state index contributed by atoms with van der Waals surface area (Å²) < 4.78 is 45.6. The van der Waals surface area contributed by atoms with E-state index < -0.39 is 47.5 Å². The van der Waals surface area contributed by atoms with Gasteiger partial charge >= 0.3 is 24.0 Å². The van der Waals surface area contributed by atoms with Crippen molar-refractivity contribution < 1.29 is 32.3 Å². The van der Waals surface area contributed by atoms with Crippen LogP contribution in [0, 0.1) is 19.3 Å². The third-order valence-electron chi connectivity index (χ3n) is 8.80. The molecular formula is C37H38ClF3N12O4. The molecule has 16 nitrogen and oxygen atoms in total. The molecular weight excluding hydrogens is 769 g/mol. The van der Waals surface area contributed by atoms with Gasteiger partial charge in [0.1, 0.15) is 0 Å². The van der Waals surface area contributed by atoms with Gasteiger partial charge in [-0.2, -0.15) is 32.8 Å². The Morgan fingerprint density at radius 3 is 2.18 bits per heavy atom. The van der Waals surface area contributed by atoms with Crippen LogP contribution in [-0.4, -0.2) is 78.8 Å². The Hall–Kier alpha value is -6.37. The van der Waals surface area contributed by atoms with E-state index in [2.05, 4.69) is 57.1 Å². The third kappa shape index (κ3) is 10.7. The van der Waals surface area contributed by atoms with Crippen LogP contribution in [0.15, 0.2) is 66.7 Å². The largest absolute Gasteiger partial charge is 0.454 e. The van der Waals surface area contributed by atoms with Crippen LogP contribution in [0.25, 0.3) is 5.69 Å². The topological polar surface area (TPSA) is 203 Å². The lowest BCUT2D eigenvalue weighted by Crippen LogP contribution is -2.45. The molecule has 1 saturated carbocycles. The third-order valence-corrected chi connectivity index (χ3v) is 9.05. The molecule has 0 atom stereocenters. The Bertz CT molecular complexity index is 2260. The number of halogens is 4. The zero-order valence-corrected chi connectivity index (χ0v) is 31.9. The van der Waals surface area contributed by atoms with E-state index >= 15 is 0 Å². The quantitative estimate of drug-likeness (QED) is 0.0895. The highest BCUT2D eigenvalue weighted by Crippen LogP contribution is 2.48. The lowest BCUT2D eigenvalue weighted by atomic mass is 9.93. The normalized spacial score (nSPS) is 13.3. The van der Waals surface area contributed by atoms with Crippen LogP contribution in [0.5, 0.6) is 6.01 Å². The van der Waals surface area contributed by atoms with Crippen LogP contribution in [0.2, 0.25) is 5.02 Å². The number of anilines is 4. The molecule has 6 rings (SSSR count). The fraction of sp³-hybridized carbons (Fsp3) is 0.324. The van der Waals surface area contributed by atoms with Gasteiger partial charge in [0.25, 0.3) is 5.91 Å². The number of hydrogen-bond acceptors (Lipinski definition) is 12. The van der Waals surface area contributed by atoms with Gasteiger partial charge in [-0.3, -0.25) is 14.4 Å². The Balaban J connectivity index is 1.17. The Morgan fingerprint density at radius 2 is 1.53 bits per heavy atom. The highest BCUT2D eigenvalue weighted by atomic mass is 35.5. The van der Waals surface area contributed by atoms with Gasteiger partial charge in [-0.05, 0) is 90.6 Å². The second-order valence-electron chi connectivity index (χ2n) is 14.2. The van der Waals surface area contributed by atoms with Crippen molar-refractivity contribution in [2.75, 3.05) is 35.6 Å². The molecule has 2 aromatic heterocycles. The zero-order valence-electron chi connectivity index (χ0n) is 31.2. The Labute approximate surface area is 329 Å². The summed E-state index contributed by atoms with van der Waals surface area (Å²) in [4.78, 5) is 51.2. The van der Waals surface area contributed by atoms with Crippen LogP contribution in [0.3, 0.4) is 0 Å². The van der Waals surface area contributed by atoms with E-state index in [0.29, 0.717) is 35.1 Å². The summed E-state index contributed by atoms with van der Waals surface area (Å²) in [5.41, 5.74) is 1.85. The summed E-state index contributed by atoms with van der Waals surface area (Å²) in [6.45, 7) is 5.67. The van der Waals surface area contributed by atoms with Crippen LogP contribution in [-0.2, 0) is 15.1 Å². The number of aryl methyl sites for hydroxylation is 2. The smallest absolute Gasteiger partial charge is 0.422 e. The summed E-state index contributed by atoms with van der Waals surface area (Å²) in [6, 6.07) is 18.2. The van der Waals surface area contributed by atoms with Gasteiger partial charge in [0.05, 0.1) is 16.8 Å². The molecule has 0 bridgehead atoms. The number of nitrogens with one attached hydrogen (secondary N) is 5. The van der Waals surface area contributed by atoms with Crippen molar-refractivity contribution in [3.63, 3.8) is 0 Å². The molecule has 0 aliphatic heterocycles. The number of carbonyl (C=O) groups excluding carboxylic acids is 3. The van der Waals surface area contributed by atoms with Gasteiger partial charge < -0.3 is 31.3 Å². The van der Waals surface area contributed by atoms with E-state index in [1.54, 1.807) is 57.2 Å². The van der Waals surface area contributed by atoms with Crippen molar-refractivity contribution in [2.45, 2.75) is 52.3 Å². The molecule has 20 heteroatoms. The molecule has 1 fully saturated rings. The van der Waals surface area contributed by atoms with Crippen molar-refractivity contribution >= 4 is 52.6 Å². The van der Waals surface area contributed by atoms with E-state index in [-0.39, 0.29) is 36.2 Å². The number of tetrazole rings is 1. The van der Waals surface area contributed by atoms with Crippen molar-refractivity contribution in [3.05, 3.63) is 94.3 Å². The molecule has 0 saturated heterocycles. The number of alkyl halides is 3. The van der Waals surface area contributed by atoms with Crippen LogP contribution in [0.4, 0.5) is 36.4 Å². The molecule has 1 aliphatic rings. The minimum atomic E-state index is -4.65. The summed E-state index contributed by atoms with van der Waals surface area (Å²) in [6.07, 6.45) is -3.24. The number of nitrogens with zero attached hydrogens (tertiary/aromatic N) is 7. The van der Waals surface area contributed by atoms with Gasteiger partial charge in [0.15, 0.2) is 12.4 Å². The van der Waals surface area contributed by atoms with E-state index in [1.807, 2.05) is 31.2 Å². The van der Waals surface area contributed by atoms with Crippen molar-refractivity contribution in [1.29, 1.82) is 0 Å². The van der Waals surface area contributed by atoms with Gasteiger partial charge in [0, 0.05) is 29.5 Å². The maximum absolute atomic E-state index is 13.7. The number of benzene rings is 3. The van der Waals surface area contributed by atoms with Gasteiger partial charge in [-0.1, -0.05) is 55.3 Å². The average molecular weight is 807 g/mol. The summed E-state index contributed by atoms with van der Waals surface area (Å²) in [5.74, 6) is -2.00. The molecule has 3 aromatic carbocycles. The number of amides is 3. The molecule has 0 unspecified atom stereocenters. The highest BCUT2D eigenvalue weighted by molar-refractivity contribution is 6.39. The Morgan fingerprint density at radius 1 is 0.860 bits per heavy atom. The fourth-order valence-electron chi connectivity index (χ4n) is 5.53. The first-order chi connectivity index (χ1) is 27.0. The van der Waals surface area contributed by atoms with Crippen molar-refractivity contribution in [1.82, 2.24) is 45.8 Å². The molecule has 5 N–H and O–H groups in total. The highest BCUT2D eigenvalue weighted by Gasteiger charge is 2.45. The van der Waals surface area contributed by atoms with Gasteiger partial charge in [-0.25, -0.2) is 0 Å². The number of ether oxygens (including phenoxy) is 1. The number of aromatic nitrogens is 7. The van der Waals surface area contributed by atoms with E-state index in [4.69, 9.17) is 16.3 Å². The lowest BCUT2D eigenvalue weighted by Gasteiger charge is -2.25. The maximum Gasteiger partial charge on any atom is 0.422 e. The Kier molecular flexibility index (Phi) is 11.6. The monoisotopic (exact) mass is 806 g/mol. The van der Waals surface area contributed by atoms with E-state index in [1.165, 1.54) is 10.7 Å². The zero-order chi connectivity index (χ0) is 41.0. The van der Waals surface area contributed by atoms with Gasteiger partial charge in [0.2, 0.25) is 11.9 Å². The summed E-state index contributed by atoms with van der Waals surface area (Å²) >= 11 is 6.07. The molecule has 0 spiro atoms. The first kappa shape index (κ1) is 40.3. The van der Waals surface area contributed by atoms with Crippen molar-refractivity contribution in [3.8, 4) is 11.7 Å². The van der Waals surface area contributed by atoms with Crippen LogP contribution in [0.1, 0.15) is 54.0 Å². The molecule has 3 amide bonds. The predicted octanol–water partition coefficient (Wildman–Crippen LogP) is 5.41. The molecule has 2 heterocycles. The average Bonchev–Trinajstić information content (AvgIpc) is 3.81. The first-order valence-electron chi connectivity index (χ1n) is 17.6. The minimum absolute atomic E-state index is 0.0321. The molecule has 298 valence electrons. The standard InChI is InChI=1S/C37H38ClF3N12O4/c1-21-5-11-25(12-6-21)44-31(56)30(55)43-19-35(3,4)18-42-29(54)27-14-13-26(17-28(27)53-22(2)50-51-52-53)45-32-46-33(48-34(47-32)57-20-37(39,40)41)49-36(15-16-36)23-7-9-24(38)10-8-23/h5-14,17H,15-16,18-20H2,1-4H3,(H,42,54)(H,43,55)(H,44,56)(H2,45,46,47,48,49). The van der Waals surface area contributed by atoms with Crippen LogP contribution >= 0.6 is 11.6 Å². The summed E-state index contributed by atoms with van der Waals surface area (Å²) in [7, 11) is 0. The lowest BCUT2D eigenvalue weighted by molar-refractivity contribution is -0.154. The summed E-state index contributed by atoms with van der Waals surface area (Å²) in [5, 5.41) is 26.4. The minimum Gasteiger partial charge on any atom is -0.454 e. The molecule has 0 radical (unpaired) electrons. The van der Waals surface area contributed by atoms with Crippen molar-refractivity contribution in [2.24, 2.45) is 5.41 Å². The van der Waals surface area contributed by atoms with Gasteiger partial charge in [-0.15, -0.1) is 5.10 Å². The number of rotatable bonds is 14. The number of carbonyl (C=O) groups is 3. The second-order valence-corrected chi connectivity index (χ2v) is 14.7. The second kappa shape index (κ2) is 16.4. The van der Waals surface area contributed by atoms with Crippen LogP contribution < -0.4 is 31.3 Å².